The molecule has 0 fully saturated rings. The maximum Gasteiger partial charge on any atom is 0.0373 e. The second-order valence-corrected chi connectivity index (χ2v) is 16.4. The van der Waals surface area contributed by atoms with E-state index in [1.165, 1.54) is 85.9 Å². The van der Waals surface area contributed by atoms with E-state index in [0.29, 0.717) is 10.5 Å². The Hall–Kier alpha value is -3.80. The molecule has 8 aromatic rings. The Morgan fingerprint density at radius 1 is 0.435 bits per heavy atom. The molecule has 2 aromatic heterocycles. The van der Waals surface area contributed by atoms with E-state index in [4.69, 9.17) is 0 Å². The van der Waals surface area contributed by atoms with Crippen molar-refractivity contribution in [2.75, 3.05) is 0 Å². The SMILES string of the molecule is C1=CSC(c2ccc3c4ccc(-c5cccs5)cc4c4c5cc(-c6cccs6)ccc5c5ccc(C6CC=CS6)cc5c4c3c2)C1. The van der Waals surface area contributed by atoms with Gasteiger partial charge in [-0.25, -0.2) is 0 Å². The lowest BCUT2D eigenvalue weighted by Crippen LogP contribution is -1.94. The fourth-order valence-electron chi connectivity index (χ4n) is 7.60. The monoisotopic (exact) mass is 660 g/mol. The third kappa shape index (κ3) is 4.28. The summed E-state index contributed by atoms with van der Waals surface area (Å²) in [5.41, 5.74) is 5.42. The maximum absolute atomic E-state index is 2.53. The molecule has 4 heterocycles. The van der Waals surface area contributed by atoms with Crippen molar-refractivity contribution in [1.29, 1.82) is 0 Å². The summed E-state index contributed by atoms with van der Waals surface area (Å²) in [5.74, 6) is 0. The van der Waals surface area contributed by atoms with E-state index in [9.17, 15) is 0 Å². The van der Waals surface area contributed by atoms with Crippen LogP contribution in [0.1, 0.15) is 34.5 Å². The molecule has 10 rings (SSSR count). The van der Waals surface area contributed by atoms with Gasteiger partial charge in [0.15, 0.2) is 0 Å². The first-order chi connectivity index (χ1) is 22.8. The van der Waals surface area contributed by atoms with Gasteiger partial charge >= 0.3 is 0 Å². The predicted molar refractivity (Wildman–Crippen MR) is 209 cm³/mol. The zero-order valence-corrected chi connectivity index (χ0v) is 28.2. The second-order valence-electron chi connectivity index (χ2n) is 12.3. The molecule has 0 bridgehead atoms. The molecule has 0 spiro atoms. The van der Waals surface area contributed by atoms with Gasteiger partial charge in [0.1, 0.15) is 0 Å². The minimum atomic E-state index is 0.477. The van der Waals surface area contributed by atoms with Gasteiger partial charge in [-0.2, -0.15) is 0 Å². The van der Waals surface area contributed by atoms with Crippen LogP contribution in [0.15, 0.2) is 131 Å². The summed E-state index contributed by atoms with van der Waals surface area (Å²) in [5, 5.41) is 23.4. The van der Waals surface area contributed by atoms with E-state index in [1.54, 1.807) is 0 Å². The number of hydrogen-bond acceptors (Lipinski definition) is 4. The van der Waals surface area contributed by atoms with Gasteiger partial charge in [-0.3, -0.25) is 0 Å². The zero-order valence-electron chi connectivity index (χ0n) is 24.9. The van der Waals surface area contributed by atoms with Crippen molar-refractivity contribution in [2.45, 2.75) is 23.3 Å². The van der Waals surface area contributed by atoms with Crippen LogP contribution in [0, 0.1) is 0 Å². The van der Waals surface area contributed by atoms with Crippen molar-refractivity contribution in [2.24, 2.45) is 0 Å². The third-order valence-electron chi connectivity index (χ3n) is 9.77. The summed E-state index contributed by atoms with van der Waals surface area (Å²) in [7, 11) is 0. The molecule has 0 radical (unpaired) electrons. The molecule has 0 aliphatic carbocycles. The minimum Gasteiger partial charge on any atom is -0.144 e. The van der Waals surface area contributed by atoms with E-state index in [0.717, 1.165) is 12.8 Å². The maximum atomic E-state index is 2.53. The number of hydrogen-bond donors (Lipinski definition) is 0. The van der Waals surface area contributed by atoms with E-state index < -0.39 is 0 Å². The van der Waals surface area contributed by atoms with Crippen LogP contribution in [-0.4, -0.2) is 0 Å². The first-order valence-electron chi connectivity index (χ1n) is 15.8. The first kappa shape index (κ1) is 27.3. The van der Waals surface area contributed by atoms with Gasteiger partial charge in [0.25, 0.3) is 0 Å². The Bertz CT molecular complexity index is 2340. The molecule has 2 aliphatic rings. The van der Waals surface area contributed by atoms with Crippen LogP contribution >= 0.6 is 46.2 Å². The molecule has 2 atom stereocenters. The molecule has 0 saturated heterocycles. The van der Waals surface area contributed by atoms with Crippen LogP contribution < -0.4 is 0 Å². The average Bonchev–Trinajstić information content (AvgIpc) is 3.95. The molecule has 0 saturated carbocycles. The van der Waals surface area contributed by atoms with Gasteiger partial charge in [0.2, 0.25) is 0 Å². The summed E-state index contributed by atoms with van der Waals surface area (Å²) < 4.78 is 0. The standard InChI is InChI=1S/C42H28S4/c1-5-37(43-17-1)25-9-13-29-30-14-10-27(39-7-3-19-45-39)23-35(30)42-36-24-28(40-8-4-20-46-40)12-16-32(36)31-15-11-26(38-6-2-18-44-38)22-34(31)41(42)33(29)21-25/h1-6,9-24,39-40H,7-8H2. The van der Waals surface area contributed by atoms with Crippen molar-refractivity contribution in [3.63, 3.8) is 0 Å². The number of fused-ring (bicyclic) bond motifs is 11. The Kier molecular flexibility index (Phi) is 6.47. The first-order valence-corrected chi connectivity index (χ1v) is 19.5. The van der Waals surface area contributed by atoms with E-state index in [-0.39, 0.29) is 0 Å². The van der Waals surface area contributed by atoms with Crippen molar-refractivity contribution >= 4 is 100 Å². The van der Waals surface area contributed by atoms with Crippen molar-refractivity contribution < 1.29 is 0 Å². The highest BCUT2D eigenvalue weighted by molar-refractivity contribution is 8.02. The molecule has 2 aliphatic heterocycles. The highest BCUT2D eigenvalue weighted by Crippen LogP contribution is 2.49. The summed E-state index contributed by atoms with van der Waals surface area (Å²) >= 11 is 7.54. The molecule has 46 heavy (non-hydrogen) atoms. The fraction of sp³-hybridized carbons (Fsp3) is 0.0952. The van der Waals surface area contributed by atoms with E-state index in [1.807, 2.05) is 46.2 Å². The number of rotatable bonds is 4. The fourth-order valence-corrected chi connectivity index (χ4v) is 10.9. The van der Waals surface area contributed by atoms with Crippen molar-refractivity contribution in [3.05, 3.63) is 142 Å². The van der Waals surface area contributed by atoms with Crippen LogP contribution in [0.2, 0.25) is 0 Å². The molecule has 220 valence electrons. The minimum absolute atomic E-state index is 0.477. The average molecular weight is 661 g/mol. The number of benzene rings is 6. The van der Waals surface area contributed by atoms with Crippen LogP contribution in [0.3, 0.4) is 0 Å². The number of thioether (sulfide) groups is 2. The van der Waals surface area contributed by atoms with Gasteiger partial charge in [-0.15, -0.1) is 46.2 Å². The molecule has 0 N–H and O–H groups in total. The Labute approximate surface area is 284 Å². The lowest BCUT2D eigenvalue weighted by Gasteiger charge is -2.20. The molecular weight excluding hydrogens is 633 g/mol. The molecule has 4 heteroatoms. The van der Waals surface area contributed by atoms with Gasteiger partial charge in [0, 0.05) is 20.3 Å². The van der Waals surface area contributed by atoms with Gasteiger partial charge in [0.05, 0.1) is 0 Å². The second kappa shape index (κ2) is 10.9. The predicted octanol–water partition coefficient (Wildman–Crippen LogP) is 14.3. The smallest absolute Gasteiger partial charge is 0.0373 e. The van der Waals surface area contributed by atoms with Crippen molar-refractivity contribution in [3.8, 4) is 20.9 Å². The summed E-state index contributed by atoms with van der Waals surface area (Å²) in [6, 6.07) is 37.8. The van der Waals surface area contributed by atoms with Crippen LogP contribution in [0.25, 0.3) is 74.7 Å². The summed E-state index contributed by atoms with van der Waals surface area (Å²) in [4.78, 5) is 2.63. The zero-order chi connectivity index (χ0) is 30.2. The van der Waals surface area contributed by atoms with Crippen molar-refractivity contribution in [1.82, 2.24) is 0 Å². The normalized spacial score (nSPS) is 17.9. The van der Waals surface area contributed by atoms with Gasteiger partial charge < -0.3 is 0 Å². The molecule has 0 nitrogen and oxygen atoms in total. The Morgan fingerprint density at radius 3 is 1.26 bits per heavy atom. The quantitative estimate of drug-likeness (QED) is 0.172. The largest absolute Gasteiger partial charge is 0.144 e. The van der Waals surface area contributed by atoms with E-state index >= 15 is 0 Å². The Balaban J connectivity index is 1.42. The van der Waals surface area contributed by atoms with Crippen LogP contribution in [-0.2, 0) is 0 Å². The molecule has 0 amide bonds. The van der Waals surface area contributed by atoms with Gasteiger partial charge in [-0.05, 0) is 147 Å². The lowest BCUT2D eigenvalue weighted by molar-refractivity contribution is 0.993. The molecule has 2 unspecified atom stereocenters. The highest BCUT2D eigenvalue weighted by atomic mass is 32.2. The third-order valence-corrected chi connectivity index (χ3v) is 13.9. The lowest BCUT2D eigenvalue weighted by atomic mass is 9.85. The van der Waals surface area contributed by atoms with Gasteiger partial charge in [-0.1, -0.05) is 72.8 Å². The van der Waals surface area contributed by atoms with Crippen LogP contribution in [0.5, 0.6) is 0 Å². The topological polar surface area (TPSA) is 0 Å². The summed E-state index contributed by atoms with van der Waals surface area (Å²) in [6.07, 6.45) is 6.82. The number of allylic oxidation sites excluding steroid dienone is 2. The molecule has 6 aromatic carbocycles. The van der Waals surface area contributed by atoms with E-state index in [2.05, 4.69) is 131 Å². The van der Waals surface area contributed by atoms with Crippen LogP contribution in [0.4, 0.5) is 0 Å². The number of thiophene rings is 2. The molecular formula is C42H28S4. The summed E-state index contributed by atoms with van der Waals surface area (Å²) in [6.45, 7) is 0. The Morgan fingerprint density at radius 2 is 0.870 bits per heavy atom. The highest BCUT2D eigenvalue weighted by Gasteiger charge is 2.22.